The minimum absolute atomic E-state index is 0.0449. The molecule has 0 aliphatic carbocycles. The molecular weight excluding hydrogens is 226 g/mol. The van der Waals surface area contributed by atoms with Crippen molar-refractivity contribution in [3.63, 3.8) is 0 Å². The first kappa shape index (κ1) is 12.2. The average molecular weight is 241 g/mol. The number of aliphatic carboxylic acids is 1. The summed E-state index contributed by atoms with van der Waals surface area (Å²) in [6.45, 7) is 2.03. The molecule has 3 heteroatoms. The summed E-state index contributed by atoms with van der Waals surface area (Å²) >= 11 is 0. The molecule has 0 aliphatic heterocycles. The summed E-state index contributed by atoms with van der Waals surface area (Å²) in [5.41, 5.74) is 3.88. The van der Waals surface area contributed by atoms with Gasteiger partial charge in [-0.25, -0.2) is 0 Å². The van der Waals surface area contributed by atoms with Crippen molar-refractivity contribution in [2.45, 2.75) is 13.3 Å². The van der Waals surface area contributed by atoms with Crippen molar-refractivity contribution in [1.82, 2.24) is 0 Å². The Morgan fingerprint density at radius 2 is 1.94 bits per heavy atom. The van der Waals surface area contributed by atoms with Crippen molar-refractivity contribution in [2.24, 2.45) is 0 Å². The van der Waals surface area contributed by atoms with Crippen LogP contribution in [0.2, 0.25) is 0 Å². The lowest BCUT2D eigenvalue weighted by Crippen LogP contribution is -2.00. The molecule has 0 radical (unpaired) electrons. The van der Waals surface area contributed by atoms with Crippen LogP contribution in [0.5, 0.6) is 0 Å². The van der Waals surface area contributed by atoms with Gasteiger partial charge < -0.3 is 10.4 Å². The van der Waals surface area contributed by atoms with E-state index in [0.29, 0.717) is 0 Å². The number of carbonyl (C=O) groups is 1. The Hall–Kier alpha value is -2.29. The second-order valence-electron chi connectivity index (χ2n) is 4.21. The number of anilines is 2. The first-order valence-corrected chi connectivity index (χ1v) is 5.78. The zero-order valence-electron chi connectivity index (χ0n) is 10.2. The summed E-state index contributed by atoms with van der Waals surface area (Å²) in [6.07, 6.45) is 0.0449. The van der Waals surface area contributed by atoms with E-state index >= 15 is 0 Å². The topological polar surface area (TPSA) is 49.3 Å². The highest BCUT2D eigenvalue weighted by molar-refractivity contribution is 5.71. The number of nitrogens with one attached hydrogen (secondary N) is 1. The van der Waals surface area contributed by atoms with Crippen LogP contribution in [0, 0.1) is 6.92 Å². The molecule has 3 nitrogen and oxygen atoms in total. The molecule has 2 N–H and O–H groups in total. The van der Waals surface area contributed by atoms with Crippen molar-refractivity contribution in [1.29, 1.82) is 0 Å². The van der Waals surface area contributed by atoms with Gasteiger partial charge in [-0.3, -0.25) is 4.79 Å². The highest BCUT2D eigenvalue weighted by Gasteiger charge is 2.02. The number of benzene rings is 2. The van der Waals surface area contributed by atoms with Crippen LogP contribution in [0.4, 0.5) is 11.4 Å². The maximum absolute atomic E-state index is 10.7. The van der Waals surface area contributed by atoms with E-state index in [9.17, 15) is 4.79 Å². The van der Waals surface area contributed by atoms with Gasteiger partial charge >= 0.3 is 5.97 Å². The highest BCUT2D eigenvalue weighted by Crippen LogP contribution is 2.20. The van der Waals surface area contributed by atoms with Crippen molar-refractivity contribution in [2.75, 3.05) is 5.32 Å². The van der Waals surface area contributed by atoms with Crippen LogP contribution in [0.3, 0.4) is 0 Å². The molecular formula is C15H15NO2. The van der Waals surface area contributed by atoms with Crippen LogP contribution in [0.15, 0.2) is 48.5 Å². The van der Waals surface area contributed by atoms with Gasteiger partial charge in [-0.2, -0.15) is 0 Å². The predicted molar refractivity (Wildman–Crippen MR) is 72.2 cm³/mol. The highest BCUT2D eigenvalue weighted by atomic mass is 16.4. The van der Waals surface area contributed by atoms with Crippen LogP contribution >= 0.6 is 0 Å². The van der Waals surface area contributed by atoms with Crippen LogP contribution in [-0.4, -0.2) is 11.1 Å². The largest absolute Gasteiger partial charge is 0.481 e. The van der Waals surface area contributed by atoms with Gasteiger partial charge in [-0.05, 0) is 36.2 Å². The lowest BCUT2D eigenvalue weighted by atomic mass is 10.1. The SMILES string of the molecule is Cc1ccccc1Nc1cccc(CC(=O)O)c1. The van der Waals surface area contributed by atoms with Crippen LogP contribution in [0.1, 0.15) is 11.1 Å². The third-order valence-corrected chi connectivity index (χ3v) is 2.71. The Morgan fingerprint density at radius 1 is 1.17 bits per heavy atom. The molecule has 92 valence electrons. The Morgan fingerprint density at radius 3 is 2.67 bits per heavy atom. The van der Waals surface area contributed by atoms with Crippen molar-refractivity contribution in [3.8, 4) is 0 Å². The van der Waals surface area contributed by atoms with Crippen molar-refractivity contribution in [3.05, 3.63) is 59.7 Å². The molecule has 18 heavy (non-hydrogen) atoms. The number of hydrogen-bond acceptors (Lipinski definition) is 2. The van der Waals surface area contributed by atoms with E-state index in [-0.39, 0.29) is 6.42 Å². The van der Waals surface area contributed by atoms with Gasteiger partial charge in [0, 0.05) is 11.4 Å². The van der Waals surface area contributed by atoms with E-state index < -0.39 is 5.97 Å². The summed E-state index contributed by atoms with van der Waals surface area (Å²) in [5.74, 6) is -0.817. The number of carboxylic acid groups (broad SMARTS) is 1. The van der Waals surface area contributed by atoms with Crippen molar-refractivity contribution < 1.29 is 9.90 Å². The van der Waals surface area contributed by atoms with E-state index in [1.54, 1.807) is 0 Å². The Labute approximate surface area is 106 Å². The molecule has 0 saturated heterocycles. The smallest absolute Gasteiger partial charge is 0.307 e. The standard InChI is InChI=1S/C15H15NO2/c1-11-5-2-3-8-14(11)16-13-7-4-6-12(9-13)10-15(17)18/h2-9,16H,10H2,1H3,(H,17,18). The Balaban J connectivity index is 2.19. The van der Waals surface area contributed by atoms with E-state index in [4.69, 9.17) is 5.11 Å². The monoisotopic (exact) mass is 241 g/mol. The van der Waals surface area contributed by atoms with E-state index in [1.165, 1.54) is 0 Å². The fourth-order valence-corrected chi connectivity index (χ4v) is 1.80. The maximum atomic E-state index is 10.7. The van der Waals surface area contributed by atoms with Crippen LogP contribution in [0.25, 0.3) is 0 Å². The fraction of sp³-hybridized carbons (Fsp3) is 0.133. The van der Waals surface area contributed by atoms with E-state index in [2.05, 4.69) is 5.32 Å². The minimum Gasteiger partial charge on any atom is -0.481 e. The summed E-state index contributed by atoms with van der Waals surface area (Å²) in [4.78, 5) is 10.7. The number of rotatable bonds is 4. The van der Waals surface area contributed by atoms with E-state index in [0.717, 1.165) is 22.5 Å². The van der Waals surface area contributed by atoms with Crippen molar-refractivity contribution >= 4 is 17.3 Å². The van der Waals surface area contributed by atoms with Gasteiger partial charge in [-0.15, -0.1) is 0 Å². The van der Waals surface area contributed by atoms with Crippen LogP contribution in [-0.2, 0) is 11.2 Å². The first-order valence-electron chi connectivity index (χ1n) is 5.78. The Kier molecular flexibility index (Phi) is 3.63. The average Bonchev–Trinajstić information content (AvgIpc) is 2.32. The lowest BCUT2D eigenvalue weighted by molar-refractivity contribution is -0.136. The number of aryl methyl sites for hydroxylation is 1. The normalized spacial score (nSPS) is 10.1. The number of carboxylic acids is 1. The predicted octanol–water partition coefficient (Wildman–Crippen LogP) is 3.37. The van der Waals surface area contributed by atoms with E-state index in [1.807, 2.05) is 55.5 Å². The van der Waals surface area contributed by atoms with Gasteiger partial charge in [0.1, 0.15) is 0 Å². The number of hydrogen-bond donors (Lipinski definition) is 2. The molecule has 0 atom stereocenters. The fourth-order valence-electron chi connectivity index (χ4n) is 1.80. The summed E-state index contributed by atoms with van der Waals surface area (Å²) < 4.78 is 0. The summed E-state index contributed by atoms with van der Waals surface area (Å²) in [6, 6.07) is 15.5. The maximum Gasteiger partial charge on any atom is 0.307 e. The third-order valence-electron chi connectivity index (χ3n) is 2.71. The lowest BCUT2D eigenvalue weighted by Gasteiger charge is -2.10. The molecule has 0 saturated carbocycles. The summed E-state index contributed by atoms with van der Waals surface area (Å²) in [5, 5.41) is 12.1. The molecule has 0 aliphatic rings. The van der Waals surface area contributed by atoms with Gasteiger partial charge in [-0.1, -0.05) is 30.3 Å². The second-order valence-corrected chi connectivity index (χ2v) is 4.21. The molecule has 0 amide bonds. The first-order chi connectivity index (χ1) is 8.65. The molecule has 0 bridgehead atoms. The molecule has 2 aromatic carbocycles. The second kappa shape index (κ2) is 5.36. The summed E-state index contributed by atoms with van der Waals surface area (Å²) in [7, 11) is 0. The van der Waals surface area contributed by atoms with Gasteiger partial charge in [0.05, 0.1) is 6.42 Å². The van der Waals surface area contributed by atoms with Gasteiger partial charge in [0.25, 0.3) is 0 Å². The third kappa shape index (κ3) is 3.10. The Bertz CT molecular complexity index is 564. The van der Waals surface area contributed by atoms with Crippen LogP contribution < -0.4 is 5.32 Å². The minimum atomic E-state index is -0.817. The van der Waals surface area contributed by atoms with Gasteiger partial charge in [0.2, 0.25) is 0 Å². The molecule has 0 heterocycles. The molecule has 2 aromatic rings. The molecule has 0 unspecified atom stereocenters. The zero-order valence-corrected chi connectivity index (χ0v) is 10.2. The molecule has 2 rings (SSSR count). The quantitative estimate of drug-likeness (QED) is 0.862. The molecule has 0 aromatic heterocycles. The molecule has 0 fully saturated rings. The van der Waals surface area contributed by atoms with Gasteiger partial charge in [0.15, 0.2) is 0 Å². The zero-order chi connectivity index (χ0) is 13.0. The number of para-hydroxylation sites is 1. The molecule has 0 spiro atoms.